The van der Waals surface area contributed by atoms with E-state index >= 15 is 0 Å². The van der Waals surface area contributed by atoms with Crippen LogP contribution in [0.15, 0.2) is 53.7 Å². The lowest BCUT2D eigenvalue weighted by Gasteiger charge is -2.05. The van der Waals surface area contributed by atoms with E-state index in [-0.39, 0.29) is 0 Å². The Morgan fingerprint density at radius 2 is 2.05 bits per heavy atom. The van der Waals surface area contributed by atoms with Gasteiger partial charge in [-0.1, -0.05) is 35.5 Å². The molecule has 0 amide bonds. The third-order valence-electron chi connectivity index (χ3n) is 3.38. The summed E-state index contributed by atoms with van der Waals surface area (Å²) < 4.78 is 5.50. The SMILES string of the molecule is C/C(=N/OCc1ccccc1)c1ccc2c(c1)CCO2. The fraction of sp³-hybridized carbons (Fsp3) is 0.235. The first-order valence-electron chi connectivity index (χ1n) is 6.79. The largest absolute Gasteiger partial charge is 0.493 e. The molecule has 2 aromatic rings. The molecule has 3 nitrogen and oxygen atoms in total. The molecule has 0 aromatic heterocycles. The maximum atomic E-state index is 5.50. The molecule has 1 aliphatic heterocycles. The van der Waals surface area contributed by atoms with Crippen molar-refractivity contribution in [3.05, 3.63) is 65.2 Å². The maximum absolute atomic E-state index is 5.50. The summed E-state index contributed by atoms with van der Waals surface area (Å²) in [7, 11) is 0. The predicted octanol–water partition coefficient (Wildman–Crippen LogP) is 3.56. The van der Waals surface area contributed by atoms with E-state index in [1.54, 1.807) is 0 Å². The van der Waals surface area contributed by atoms with Crippen LogP contribution in [0.25, 0.3) is 0 Å². The Kier molecular flexibility index (Phi) is 3.68. The zero-order valence-corrected chi connectivity index (χ0v) is 11.5. The summed E-state index contributed by atoms with van der Waals surface area (Å²) in [6.45, 7) is 3.23. The molecule has 0 radical (unpaired) electrons. The average Bonchev–Trinajstić information content (AvgIpc) is 2.95. The maximum Gasteiger partial charge on any atom is 0.142 e. The normalized spacial score (nSPS) is 13.8. The highest BCUT2D eigenvalue weighted by Gasteiger charge is 2.12. The van der Waals surface area contributed by atoms with E-state index in [1.165, 1.54) is 5.56 Å². The van der Waals surface area contributed by atoms with Crippen LogP contribution in [0.3, 0.4) is 0 Å². The van der Waals surface area contributed by atoms with Crippen molar-refractivity contribution in [3.63, 3.8) is 0 Å². The number of hydrogen-bond acceptors (Lipinski definition) is 3. The minimum Gasteiger partial charge on any atom is -0.493 e. The summed E-state index contributed by atoms with van der Waals surface area (Å²) in [6.07, 6.45) is 0.974. The van der Waals surface area contributed by atoms with Crippen molar-refractivity contribution in [1.29, 1.82) is 0 Å². The van der Waals surface area contributed by atoms with Crippen molar-refractivity contribution < 1.29 is 9.57 Å². The molecule has 0 saturated heterocycles. The van der Waals surface area contributed by atoms with Crippen LogP contribution in [0.1, 0.15) is 23.6 Å². The van der Waals surface area contributed by atoms with E-state index < -0.39 is 0 Å². The Morgan fingerprint density at radius 1 is 1.20 bits per heavy atom. The number of nitrogens with zero attached hydrogens (tertiary/aromatic N) is 1. The van der Waals surface area contributed by atoms with Gasteiger partial charge in [0.2, 0.25) is 0 Å². The molecular formula is C17H17NO2. The van der Waals surface area contributed by atoms with Crippen LogP contribution in [-0.4, -0.2) is 12.3 Å². The molecule has 0 atom stereocenters. The zero-order valence-electron chi connectivity index (χ0n) is 11.5. The van der Waals surface area contributed by atoms with Crippen molar-refractivity contribution in [2.24, 2.45) is 5.16 Å². The summed E-state index contributed by atoms with van der Waals surface area (Å²) >= 11 is 0. The van der Waals surface area contributed by atoms with Crippen molar-refractivity contribution in [1.82, 2.24) is 0 Å². The number of ether oxygens (including phenoxy) is 1. The summed E-state index contributed by atoms with van der Waals surface area (Å²) in [4.78, 5) is 5.41. The van der Waals surface area contributed by atoms with Crippen LogP contribution < -0.4 is 4.74 Å². The van der Waals surface area contributed by atoms with Crippen LogP contribution >= 0.6 is 0 Å². The van der Waals surface area contributed by atoms with E-state index in [1.807, 2.05) is 49.4 Å². The van der Waals surface area contributed by atoms with E-state index in [4.69, 9.17) is 9.57 Å². The van der Waals surface area contributed by atoms with Gasteiger partial charge in [-0.05, 0) is 41.8 Å². The molecule has 3 rings (SSSR count). The fourth-order valence-corrected chi connectivity index (χ4v) is 2.24. The van der Waals surface area contributed by atoms with Gasteiger partial charge in [0.1, 0.15) is 12.4 Å². The first kappa shape index (κ1) is 12.7. The minimum absolute atomic E-state index is 0.492. The Bertz CT molecular complexity index is 620. The Hall–Kier alpha value is -2.29. The lowest BCUT2D eigenvalue weighted by molar-refractivity contribution is 0.130. The molecule has 1 aliphatic rings. The highest BCUT2D eigenvalue weighted by Crippen LogP contribution is 2.26. The second kappa shape index (κ2) is 5.78. The van der Waals surface area contributed by atoms with Gasteiger partial charge in [0.15, 0.2) is 0 Å². The molecule has 0 spiro atoms. The number of fused-ring (bicyclic) bond motifs is 1. The van der Waals surface area contributed by atoms with Crippen LogP contribution in [0.4, 0.5) is 0 Å². The van der Waals surface area contributed by atoms with Gasteiger partial charge in [0, 0.05) is 6.42 Å². The van der Waals surface area contributed by atoms with E-state index in [2.05, 4.69) is 11.2 Å². The number of hydrogen-bond donors (Lipinski definition) is 0. The van der Waals surface area contributed by atoms with Crippen molar-refractivity contribution >= 4 is 5.71 Å². The van der Waals surface area contributed by atoms with Crippen LogP contribution in [-0.2, 0) is 17.9 Å². The van der Waals surface area contributed by atoms with Crippen molar-refractivity contribution in [2.75, 3.05) is 6.61 Å². The molecule has 20 heavy (non-hydrogen) atoms. The molecule has 0 aliphatic carbocycles. The third kappa shape index (κ3) is 2.82. The van der Waals surface area contributed by atoms with Gasteiger partial charge in [-0.15, -0.1) is 0 Å². The van der Waals surface area contributed by atoms with Gasteiger partial charge in [-0.3, -0.25) is 0 Å². The summed E-state index contributed by atoms with van der Waals surface area (Å²) in [5, 5.41) is 4.19. The molecule has 0 saturated carbocycles. The predicted molar refractivity (Wildman–Crippen MR) is 79.1 cm³/mol. The quantitative estimate of drug-likeness (QED) is 0.626. The first-order chi connectivity index (χ1) is 9.83. The summed E-state index contributed by atoms with van der Waals surface area (Å²) in [5.74, 6) is 0.992. The second-order valence-electron chi connectivity index (χ2n) is 4.86. The lowest BCUT2D eigenvalue weighted by Crippen LogP contribution is -1.97. The average molecular weight is 267 g/mol. The Labute approximate surface area is 118 Å². The first-order valence-corrected chi connectivity index (χ1v) is 6.79. The van der Waals surface area contributed by atoms with Crippen LogP contribution in [0.2, 0.25) is 0 Å². The molecule has 2 aromatic carbocycles. The Morgan fingerprint density at radius 3 is 2.90 bits per heavy atom. The number of oxime groups is 1. The molecule has 0 bridgehead atoms. The second-order valence-corrected chi connectivity index (χ2v) is 4.86. The molecule has 3 heteroatoms. The summed E-state index contributed by atoms with van der Waals surface area (Å²) in [5.41, 5.74) is 4.34. The monoisotopic (exact) mass is 267 g/mol. The van der Waals surface area contributed by atoms with Gasteiger partial charge in [-0.25, -0.2) is 0 Å². The molecule has 0 N–H and O–H groups in total. The topological polar surface area (TPSA) is 30.8 Å². The van der Waals surface area contributed by atoms with Gasteiger partial charge >= 0.3 is 0 Å². The standard InChI is InChI=1S/C17H17NO2/c1-13(18-20-12-14-5-3-2-4-6-14)15-7-8-17-16(11-15)9-10-19-17/h2-8,11H,9-10,12H2,1H3/b18-13-. The fourth-order valence-electron chi connectivity index (χ4n) is 2.24. The number of rotatable bonds is 4. The van der Waals surface area contributed by atoms with Gasteiger partial charge in [0.05, 0.1) is 12.3 Å². The molecule has 0 fully saturated rings. The van der Waals surface area contributed by atoms with E-state index in [9.17, 15) is 0 Å². The highest BCUT2D eigenvalue weighted by atomic mass is 16.6. The third-order valence-corrected chi connectivity index (χ3v) is 3.38. The van der Waals surface area contributed by atoms with Crippen LogP contribution in [0.5, 0.6) is 5.75 Å². The lowest BCUT2D eigenvalue weighted by atomic mass is 10.1. The molecule has 1 heterocycles. The van der Waals surface area contributed by atoms with Gasteiger partial charge < -0.3 is 9.57 Å². The van der Waals surface area contributed by atoms with E-state index in [0.29, 0.717) is 6.61 Å². The number of benzene rings is 2. The van der Waals surface area contributed by atoms with Crippen molar-refractivity contribution in [3.8, 4) is 5.75 Å². The molecule has 0 unspecified atom stereocenters. The highest BCUT2D eigenvalue weighted by molar-refractivity contribution is 5.98. The molecule has 102 valence electrons. The molecular weight excluding hydrogens is 250 g/mol. The van der Waals surface area contributed by atoms with Gasteiger partial charge in [0.25, 0.3) is 0 Å². The smallest absolute Gasteiger partial charge is 0.142 e. The van der Waals surface area contributed by atoms with Gasteiger partial charge in [-0.2, -0.15) is 0 Å². The van der Waals surface area contributed by atoms with Crippen molar-refractivity contribution in [2.45, 2.75) is 20.0 Å². The van der Waals surface area contributed by atoms with Crippen LogP contribution in [0, 0.1) is 0 Å². The summed E-state index contributed by atoms with van der Waals surface area (Å²) in [6, 6.07) is 16.2. The zero-order chi connectivity index (χ0) is 13.8. The minimum atomic E-state index is 0.492. The van der Waals surface area contributed by atoms with E-state index in [0.717, 1.165) is 35.6 Å². The Balaban J connectivity index is 1.66.